The number of hydrogen-bond acceptors (Lipinski definition) is 4. The van der Waals surface area contributed by atoms with E-state index in [-0.39, 0.29) is 17.7 Å². The molecule has 1 aromatic heterocycles. The van der Waals surface area contributed by atoms with Crippen LogP contribution in [-0.2, 0) is 11.2 Å². The van der Waals surface area contributed by atoms with Gasteiger partial charge < -0.3 is 15.1 Å². The molecule has 1 saturated heterocycles. The van der Waals surface area contributed by atoms with Crippen LogP contribution in [0.25, 0.3) is 0 Å². The number of carbonyl (C=O) groups is 3. The normalized spacial score (nSPS) is 16.5. The summed E-state index contributed by atoms with van der Waals surface area (Å²) >= 11 is 0. The number of aryl methyl sites for hydroxylation is 1. The summed E-state index contributed by atoms with van der Waals surface area (Å²) in [7, 11) is 0. The fourth-order valence-corrected chi connectivity index (χ4v) is 3.46. The summed E-state index contributed by atoms with van der Waals surface area (Å²) in [5.74, 6) is -0.137. The van der Waals surface area contributed by atoms with Gasteiger partial charge >= 0.3 is 0 Å². The molecule has 1 aromatic carbocycles. The Morgan fingerprint density at radius 2 is 1.67 bits per heavy atom. The lowest BCUT2D eigenvalue weighted by molar-refractivity contribution is -0.116. The Morgan fingerprint density at radius 1 is 0.926 bits per heavy atom. The van der Waals surface area contributed by atoms with E-state index in [1.165, 1.54) is 0 Å². The lowest BCUT2D eigenvalue weighted by Crippen LogP contribution is -2.50. The maximum Gasteiger partial charge on any atom is 0.272 e. The van der Waals surface area contributed by atoms with E-state index >= 15 is 0 Å². The predicted octanol–water partition coefficient (Wildman–Crippen LogP) is 1.56. The zero-order chi connectivity index (χ0) is 18.8. The summed E-state index contributed by atoms with van der Waals surface area (Å²) in [6, 6.07) is 10.7. The second-order valence-corrected chi connectivity index (χ2v) is 6.72. The standard InChI is InChI=1S/C20H20N4O3/c25-18-7-5-14-13-15(4-6-16(14)22-18)19(26)23-9-11-24(12-10-23)20(27)17-3-1-2-8-21-17/h1-4,6,8,13H,5,7,9-12H2,(H,22,25). The first kappa shape index (κ1) is 17.2. The van der Waals surface area contributed by atoms with Crippen molar-refractivity contribution >= 4 is 23.4 Å². The van der Waals surface area contributed by atoms with Gasteiger partial charge in [-0.05, 0) is 42.3 Å². The zero-order valence-electron chi connectivity index (χ0n) is 14.9. The van der Waals surface area contributed by atoms with Gasteiger partial charge in [-0.15, -0.1) is 0 Å². The summed E-state index contributed by atoms with van der Waals surface area (Å²) in [6.07, 6.45) is 2.69. The Labute approximate surface area is 157 Å². The maximum atomic E-state index is 12.8. The molecule has 1 fully saturated rings. The number of anilines is 1. The van der Waals surface area contributed by atoms with Crippen molar-refractivity contribution in [2.24, 2.45) is 0 Å². The topological polar surface area (TPSA) is 82.6 Å². The molecule has 0 aliphatic carbocycles. The first-order valence-electron chi connectivity index (χ1n) is 9.04. The van der Waals surface area contributed by atoms with Crippen LogP contribution in [0.3, 0.4) is 0 Å². The van der Waals surface area contributed by atoms with E-state index in [1.807, 2.05) is 6.07 Å². The summed E-state index contributed by atoms with van der Waals surface area (Å²) in [5.41, 5.74) is 2.82. The minimum atomic E-state index is -0.104. The van der Waals surface area contributed by atoms with Gasteiger partial charge in [-0.3, -0.25) is 19.4 Å². The van der Waals surface area contributed by atoms with Gasteiger partial charge in [0.05, 0.1) is 0 Å². The minimum Gasteiger partial charge on any atom is -0.335 e. The highest BCUT2D eigenvalue weighted by Gasteiger charge is 2.26. The van der Waals surface area contributed by atoms with Crippen molar-refractivity contribution in [3.8, 4) is 0 Å². The van der Waals surface area contributed by atoms with Crippen molar-refractivity contribution in [2.45, 2.75) is 12.8 Å². The van der Waals surface area contributed by atoms with Crippen LogP contribution in [0.1, 0.15) is 32.8 Å². The molecule has 0 bridgehead atoms. The van der Waals surface area contributed by atoms with Crippen LogP contribution >= 0.6 is 0 Å². The van der Waals surface area contributed by atoms with Crippen molar-refractivity contribution in [1.82, 2.24) is 14.8 Å². The molecule has 3 amide bonds. The average Bonchev–Trinajstić information content (AvgIpc) is 2.73. The van der Waals surface area contributed by atoms with Gasteiger partial charge in [-0.25, -0.2) is 0 Å². The highest BCUT2D eigenvalue weighted by Crippen LogP contribution is 2.24. The summed E-state index contributed by atoms with van der Waals surface area (Å²) in [4.78, 5) is 44.3. The SMILES string of the molecule is O=C1CCc2cc(C(=O)N3CCN(C(=O)c4ccccn4)CC3)ccc2N1. The molecule has 27 heavy (non-hydrogen) atoms. The quantitative estimate of drug-likeness (QED) is 0.877. The maximum absolute atomic E-state index is 12.8. The number of benzene rings is 1. The Morgan fingerprint density at radius 3 is 2.37 bits per heavy atom. The summed E-state index contributed by atoms with van der Waals surface area (Å²) in [6.45, 7) is 1.96. The highest BCUT2D eigenvalue weighted by molar-refractivity contribution is 5.98. The van der Waals surface area contributed by atoms with Crippen molar-refractivity contribution in [2.75, 3.05) is 31.5 Å². The molecule has 7 nitrogen and oxygen atoms in total. The molecule has 2 aliphatic heterocycles. The Hall–Kier alpha value is -3.22. The second-order valence-electron chi connectivity index (χ2n) is 6.72. The number of aromatic nitrogens is 1. The van der Waals surface area contributed by atoms with Gasteiger partial charge in [-0.2, -0.15) is 0 Å². The molecule has 2 aliphatic rings. The second kappa shape index (κ2) is 7.19. The van der Waals surface area contributed by atoms with E-state index in [1.54, 1.807) is 46.3 Å². The van der Waals surface area contributed by atoms with Crippen molar-refractivity contribution in [1.29, 1.82) is 0 Å². The van der Waals surface area contributed by atoms with Crippen LogP contribution in [0.4, 0.5) is 5.69 Å². The number of nitrogens with one attached hydrogen (secondary N) is 1. The number of amides is 3. The molecule has 0 unspecified atom stereocenters. The molecule has 1 N–H and O–H groups in total. The lowest BCUT2D eigenvalue weighted by Gasteiger charge is -2.34. The van der Waals surface area contributed by atoms with Crippen LogP contribution in [0.15, 0.2) is 42.6 Å². The van der Waals surface area contributed by atoms with E-state index in [0.717, 1.165) is 11.3 Å². The molecule has 138 valence electrons. The van der Waals surface area contributed by atoms with Gasteiger partial charge in [-0.1, -0.05) is 6.07 Å². The van der Waals surface area contributed by atoms with Gasteiger partial charge in [0.15, 0.2) is 0 Å². The number of nitrogens with zero attached hydrogens (tertiary/aromatic N) is 3. The lowest BCUT2D eigenvalue weighted by atomic mass is 10.00. The fraction of sp³-hybridized carbons (Fsp3) is 0.300. The summed E-state index contributed by atoms with van der Waals surface area (Å²) < 4.78 is 0. The van der Waals surface area contributed by atoms with Crippen molar-refractivity contribution in [3.63, 3.8) is 0 Å². The highest BCUT2D eigenvalue weighted by atomic mass is 16.2. The zero-order valence-corrected chi connectivity index (χ0v) is 14.9. The third-order valence-corrected chi connectivity index (χ3v) is 4.99. The largest absolute Gasteiger partial charge is 0.335 e. The molecule has 0 saturated carbocycles. The molecule has 2 aromatic rings. The molecule has 0 atom stereocenters. The minimum absolute atomic E-state index is 0.00951. The van der Waals surface area contributed by atoms with Gasteiger partial charge in [0.1, 0.15) is 5.69 Å². The Balaban J connectivity index is 1.40. The van der Waals surface area contributed by atoms with Crippen molar-refractivity contribution in [3.05, 3.63) is 59.4 Å². The van der Waals surface area contributed by atoms with E-state index in [4.69, 9.17) is 0 Å². The van der Waals surface area contributed by atoms with Crippen LogP contribution in [0, 0.1) is 0 Å². The number of rotatable bonds is 2. The first-order valence-corrected chi connectivity index (χ1v) is 9.04. The molecular formula is C20H20N4O3. The van der Waals surface area contributed by atoms with E-state index < -0.39 is 0 Å². The van der Waals surface area contributed by atoms with Gasteiger partial charge in [0.25, 0.3) is 11.8 Å². The predicted molar refractivity (Wildman–Crippen MR) is 99.4 cm³/mol. The third-order valence-electron chi connectivity index (χ3n) is 4.99. The monoisotopic (exact) mass is 364 g/mol. The van der Waals surface area contributed by atoms with Crippen LogP contribution in [0.5, 0.6) is 0 Å². The molecular weight excluding hydrogens is 344 g/mol. The van der Waals surface area contributed by atoms with Crippen LogP contribution in [0.2, 0.25) is 0 Å². The number of pyridine rings is 1. The Kier molecular flexibility index (Phi) is 4.58. The molecule has 0 spiro atoms. The average molecular weight is 364 g/mol. The van der Waals surface area contributed by atoms with Gasteiger partial charge in [0, 0.05) is 50.0 Å². The van der Waals surface area contributed by atoms with E-state index in [9.17, 15) is 14.4 Å². The molecule has 4 rings (SSSR count). The molecule has 7 heteroatoms. The third kappa shape index (κ3) is 3.53. The van der Waals surface area contributed by atoms with E-state index in [2.05, 4.69) is 10.3 Å². The number of piperazine rings is 1. The number of fused-ring (bicyclic) bond motifs is 1. The molecule has 3 heterocycles. The van der Waals surface area contributed by atoms with Crippen molar-refractivity contribution < 1.29 is 14.4 Å². The Bertz CT molecular complexity index is 889. The first-order chi connectivity index (χ1) is 13.1. The van der Waals surface area contributed by atoms with Gasteiger partial charge in [0.2, 0.25) is 5.91 Å². The van der Waals surface area contributed by atoms with Crippen LogP contribution in [-0.4, -0.2) is 58.7 Å². The number of carbonyl (C=O) groups excluding carboxylic acids is 3. The molecule has 0 radical (unpaired) electrons. The fourth-order valence-electron chi connectivity index (χ4n) is 3.46. The van der Waals surface area contributed by atoms with Crippen LogP contribution < -0.4 is 5.32 Å². The summed E-state index contributed by atoms with van der Waals surface area (Å²) in [5, 5.41) is 2.83. The van der Waals surface area contributed by atoms with E-state index in [0.29, 0.717) is 50.3 Å². The smallest absolute Gasteiger partial charge is 0.272 e. The number of hydrogen-bond donors (Lipinski definition) is 1.